The molecule has 126 valence electrons. The van der Waals surface area contributed by atoms with Crippen molar-refractivity contribution in [3.8, 4) is 0 Å². The highest BCUT2D eigenvalue weighted by atomic mass is 16.3. The molecule has 2 aliphatic heterocycles. The Bertz CT molecular complexity index is 503. The van der Waals surface area contributed by atoms with Gasteiger partial charge in [-0.2, -0.15) is 0 Å². The van der Waals surface area contributed by atoms with Gasteiger partial charge in [-0.1, -0.05) is 0 Å². The Morgan fingerprint density at radius 3 is 2.52 bits per heavy atom. The molecule has 2 aliphatic rings. The van der Waals surface area contributed by atoms with E-state index in [9.17, 15) is 4.79 Å². The predicted molar refractivity (Wildman–Crippen MR) is 89.3 cm³/mol. The number of piperidine rings is 1. The number of nitrogens with zero attached hydrogens (tertiary/aromatic N) is 3. The third kappa shape index (κ3) is 4.13. The van der Waals surface area contributed by atoms with Gasteiger partial charge in [-0.05, 0) is 37.3 Å². The zero-order valence-electron chi connectivity index (χ0n) is 13.5. The normalized spacial score (nSPS) is 22.4. The van der Waals surface area contributed by atoms with E-state index >= 15 is 0 Å². The van der Waals surface area contributed by atoms with Gasteiger partial charge < -0.3 is 20.2 Å². The first-order valence-electron chi connectivity index (χ1n) is 8.55. The zero-order chi connectivity index (χ0) is 16.1. The molecule has 0 bridgehead atoms. The minimum Gasteiger partial charge on any atom is -0.396 e. The van der Waals surface area contributed by atoms with Gasteiger partial charge in [0.25, 0.3) is 0 Å². The molecule has 3 rings (SSSR count). The quantitative estimate of drug-likeness (QED) is 0.878. The molecule has 1 aromatic heterocycles. The van der Waals surface area contributed by atoms with Crippen LogP contribution in [0, 0.1) is 11.8 Å². The van der Waals surface area contributed by atoms with Crippen molar-refractivity contribution in [1.82, 2.24) is 15.2 Å². The fourth-order valence-electron chi connectivity index (χ4n) is 3.46. The minimum atomic E-state index is 0.0255. The number of aromatic nitrogens is 1. The van der Waals surface area contributed by atoms with Gasteiger partial charge in [0, 0.05) is 63.3 Å². The summed E-state index contributed by atoms with van der Waals surface area (Å²) in [6.45, 7) is 4.43. The highest BCUT2D eigenvalue weighted by Crippen LogP contribution is 2.22. The Labute approximate surface area is 137 Å². The summed E-state index contributed by atoms with van der Waals surface area (Å²) in [4.78, 5) is 20.4. The number of rotatable bonds is 4. The van der Waals surface area contributed by atoms with Crippen molar-refractivity contribution < 1.29 is 9.90 Å². The van der Waals surface area contributed by atoms with Crippen LogP contribution in [-0.2, 0) is 0 Å². The largest absolute Gasteiger partial charge is 0.396 e. The first-order valence-corrected chi connectivity index (χ1v) is 8.55. The average Bonchev–Trinajstić information content (AvgIpc) is 3.10. The fourth-order valence-corrected chi connectivity index (χ4v) is 3.46. The molecule has 0 aromatic carbocycles. The first-order chi connectivity index (χ1) is 11.3. The number of aliphatic hydroxyl groups excluding tert-OH is 1. The van der Waals surface area contributed by atoms with Crippen LogP contribution in [0.3, 0.4) is 0 Å². The van der Waals surface area contributed by atoms with Crippen LogP contribution >= 0.6 is 0 Å². The molecule has 1 aromatic rings. The topological polar surface area (TPSA) is 68.7 Å². The fraction of sp³-hybridized carbons (Fsp3) is 0.647. The molecule has 2 fully saturated rings. The standard InChI is InChI=1S/C17H26N4O2/c22-13-15-5-10-21(12-15)17(23)19-11-14-3-8-20(9-4-14)16-1-6-18-7-2-16/h1-2,6-7,14-15,22H,3-5,8-13H2,(H,19,23). The second-order valence-corrected chi connectivity index (χ2v) is 6.61. The average molecular weight is 318 g/mol. The number of urea groups is 1. The lowest BCUT2D eigenvalue weighted by Crippen LogP contribution is -2.43. The molecule has 1 atom stereocenters. The number of likely N-dealkylation sites (tertiary alicyclic amines) is 1. The van der Waals surface area contributed by atoms with E-state index in [4.69, 9.17) is 5.11 Å². The number of nitrogens with one attached hydrogen (secondary N) is 1. The second-order valence-electron chi connectivity index (χ2n) is 6.61. The molecule has 2 amide bonds. The van der Waals surface area contributed by atoms with Gasteiger partial charge in [-0.15, -0.1) is 0 Å². The predicted octanol–water partition coefficient (Wildman–Crippen LogP) is 1.32. The van der Waals surface area contributed by atoms with Gasteiger partial charge in [0.15, 0.2) is 0 Å². The molecule has 6 heteroatoms. The van der Waals surface area contributed by atoms with Crippen LogP contribution in [0.4, 0.5) is 10.5 Å². The minimum absolute atomic E-state index is 0.0255. The Balaban J connectivity index is 1.39. The van der Waals surface area contributed by atoms with Crippen molar-refractivity contribution in [3.63, 3.8) is 0 Å². The number of carbonyl (C=O) groups is 1. The Hall–Kier alpha value is -1.82. The van der Waals surface area contributed by atoms with Crippen LogP contribution in [0.15, 0.2) is 24.5 Å². The molecule has 3 heterocycles. The van der Waals surface area contributed by atoms with Crippen LogP contribution in [0.1, 0.15) is 19.3 Å². The van der Waals surface area contributed by atoms with E-state index in [-0.39, 0.29) is 18.6 Å². The summed E-state index contributed by atoms with van der Waals surface area (Å²) in [6.07, 6.45) is 6.77. The van der Waals surface area contributed by atoms with Crippen molar-refractivity contribution in [3.05, 3.63) is 24.5 Å². The summed E-state index contributed by atoms with van der Waals surface area (Å²) in [5.41, 5.74) is 1.23. The molecule has 1 unspecified atom stereocenters. The first kappa shape index (κ1) is 16.1. The van der Waals surface area contributed by atoms with E-state index in [0.29, 0.717) is 12.5 Å². The van der Waals surface area contributed by atoms with Gasteiger partial charge in [0.1, 0.15) is 0 Å². The van der Waals surface area contributed by atoms with E-state index in [1.165, 1.54) is 5.69 Å². The van der Waals surface area contributed by atoms with E-state index in [2.05, 4.69) is 15.2 Å². The monoisotopic (exact) mass is 318 g/mol. The maximum absolute atomic E-state index is 12.2. The summed E-state index contributed by atoms with van der Waals surface area (Å²) in [7, 11) is 0. The molecule has 2 saturated heterocycles. The van der Waals surface area contributed by atoms with Gasteiger partial charge in [-0.3, -0.25) is 4.98 Å². The van der Waals surface area contributed by atoms with Crippen LogP contribution in [0.25, 0.3) is 0 Å². The molecule has 0 radical (unpaired) electrons. The van der Waals surface area contributed by atoms with Crippen LogP contribution in [0.2, 0.25) is 0 Å². The molecule has 23 heavy (non-hydrogen) atoms. The van der Waals surface area contributed by atoms with E-state index in [1.54, 1.807) is 0 Å². The van der Waals surface area contributed by atoms with Crippen LogP contribution in [0.5, 0.6) is 0 Å². The number of anilines is 1. The molecule has 0 aliphatic carbocycles. The summed E-state index contributed by atoms with van der Waals surface area (Å²) >= 11 is 0. The lowest BCUT2D eigenvalue weighted by atomic mass is 9.96. The molecule has 0 spiro atoms. The highest BCUT2D eigenvalue weighted by Gasteiger charge is 2.26. The van der Waals surface area contributed by atoms with Crippen molar-refractivity contribution in [2.75, 3.05) is 44.2 Å². The number of pyridine rings is 1. The third-order valence-electron chi connectivity index (χ3n) is 5.02. The van der Waals surface area contributed by atoms with Crippen LogP contribution < -0.4 is 10.2 Å². The van der Waals surface area contributed by atoms with Crippen LogP contribution in [-0.4, -0.2) is 60.4 Å². The van der Waals surface area contributed by atoms with Crippen molar-refractivity contribution >= 4 is 11.7 Å². The number of aliphatic hydroxyl groups is 1. The maximum Gasteiger partial charge on any atom is 0.317 e. The smallest absolute Gasteiger partial charge is 0.317 e. The SMILES string of the molecule is O=C(NCC1CCN(c2ccncc2)CC1)N1CCC(CO)C1. The summed E-state index contributed by atoms with van der Waals surface area (Å²) in [5, 5.41) is 12.2. The lowest BCUT2D eigenvalue weighted by Gasteiger charge is -2.33. The summed E-state index contributed by atoms with van der Waals surface area (Å²) < 4.78 is 0. The van der Waals surface area contributed by atoms with E-state index in [0.717, 1.165) is 45.4 Å². The van der Waals surface area contributed by atoms with E-state index < -0.39 is 0 Å². The molecule has 2 N–H and O–H groups in total. The van der Waals surface area contributed by atoms with Crippen molar-refractivity contribution in [1.29, 1.82) is 0 Å². The Morgan fingerprint density at radius 2 is 1.87 bits per heavy atom. The maximum atomic E-state index is 12.2. The molecule has 0 saturated carbocycles. The summed E-state index contributed by atoms with van der Waals surface area (Å²) in [5.74, 6) is 0.803. The molecular formula is C17H26N4O2. The number of hydrogen-bond donors (Lipinski definition) is 2. The van der Waals surface area contributed by atoms with Gasteiger partial charge in [0.2, 0.25) is 0 Å². The van der Waals surface area contributed by atoms with Gasteiger partial charge >= 0.3 is 6.03 Å². The Morgan fingerprint density at radius 1 is 1.17 bits per heavy atom. The zero-order valence-corrected chi connectivity index (χ0v) is 13.5. The van der Waals surface area contributed by atoms with E-state index in [1.807, 2.05) is 29.4 Å². The second kappa shape index (κ2) is 7.64. The van der Waals surface area contributed by atoms with Gasteiger partial charge in [-0.25, -0.2) is 4.79 Å². The molecule has 6 nitrogen and oxygen atoms in total. The van der Waals surface area contributed by atoms with Gasteiger partial charge in [0.05, 0.1) is 0 Å². The molecular weight excluding hydrogens is 292 g/mol. The highest BCUT2D eigenvalue weighted by molar-refractivity contribution is 5.74. The third-order valence-corrected chi connectivity index (χ3v) is 5.02. The lowest BCUT2D eigenvalue weighted by molar-refractivity contribution is 0.196. The number of amides is 2. The Kier molecular flexibility index (Phi) is 5.33. The van der Waals surface area contributed by atoms with Crippen molar-refractivity contribution in [2.24, 2.45) is 11.8 Å². The number of carbonyl (C=O) groups excluding carboxylic acids is 1. The van der Waals surface area contributed by atoms with Crippen molar-refractivity contribution in [2.45, 2.75) is 19.3 Å². The number of hydrogen-bond acceptors (Lipinski definition) is 4. The summed E-state index contributed by atoms with van der Waals surface area (Å²) in [6, 6.07) is 4.12.